The van der Waals surface area contributed by atoms with E-state index in [-0.39, 0.29) is 0 Å². The van der Waals surface area contributed by atoms with Gasteiger partial charge in [-0.1, -0.05) is 13.8 Å². The van der Waals surface area contributed by atoms with E-state index in [2.05, 4.69) is 4.72 Å². The summed E-state index contributed by atoms with van der Waals surface area (Å²) in [5, 5.41) is 0. The molecule has 0 radical (unpaired) electrons. The van der Waals surface area contributed by atoms with E-state index in [0.29, 0.717) is 24.9 Å². The van der Waals surface area contributed by atoms with E-state index in [0.717, 1.165) is 6.42 Å². The second kappa shape index (κ2) is 6.62. The van der Waals surface area contributed by atoms with Crippen molar-refractivity contribution in [2.45, 2.75) is 59.6 Å². The predicted octanol–water partition coefficient (Wildman–Crippen LogP) is 1.53. The van der Waals surface area contributed by atoms with Crippen LogP contribution in [0.2, 0.25) is 0 Å². The molecule has 0 spiro atoms. The number of hydrogen-bond acceptors (Lipinski definition) is 4. The molecule has 0 bridgehead atoms. The van der Waals surface area contributed by atoms with E-state index < -0.39 is 27.8 Å². The maximum Gasteiger partial charge on any atom is 0.324 e. The van der Waals surface area contributed by atoms with Crippen LogP contribution in [0.5, 0.6) is 0 Å². The van der Waals surface area contributed by atoms with Gasteiger partial charge in [0.1, 0.15) is 11.6 Å². The summed E-state index contributed by atoms with van der Waals surface area (Å²) in [4.78, 5) is 11.9. The highest BCUT2D eigenvalue weighted by Gasteiger charge is 2.33. The van der Waals surface area contributed by atoms with Gasteiger partial charge < -0.3 is 4.74 Å². The highest BCUT2D eigenvalue weighted by molar-refractivity contribution is 7.87. The summed E-state index contributed by atoms with van der Waals surface area (Å²) in [6.45, 7) is 11.8. The third-order valence-corrected chi connectivity index (χ3v) is 4.89. The van der Waals surface area contributed by atoms with Crippen LogP contribution < -0.4 is 4.72 Å². The monoisotopic (exact) mass is 320 g/mol. The number of carbonyl (C=O) groups is 1. The Labute approximate surface area is 128 Å². The number of ether oxygens (including phenoxy) is 1. The normalized spacial score (nSPS) is 26.4. The Balaban J connectivity index is 2.69. The molecule has 0 aromatic rings. The number of esters is 1. The smallest absolute Gasteiger partial charge is 0.324 e. The van der Waals surface area contributed by atoms with Crippen LogP contribution in [0.4, 0.5) is 0 Å². The minimum absolute atomic E-state index is 0.321. The highest BCUT2D eigenvalue weighted by Crippen LogP contribution is 2.22. The second-order valence-electron chi connectivity index (χ2n) is 7.14. The van der Waals surface area contributed by atoms with Crippen LogP contribution in [0.25, 0.3) is 0 Å². The molecule has 124 valence electrons. The van der Waals surface area contributed by atoms with Gasteiger partial charge in [0.2, 0.25) is 0 Å². The molecule has 21 heavy (non-hydrogen) atoms. The van der Waals surface area contributed by atoms with Gasteiger partial charge in [0.05, 0.1) is 0 Å². The number of nitrogens with one attached hydrogen (secondary N) is 1. The van der Waals surface area contributed by atoms with Crippen LogP contribution >= 0.6 is 0 Å². The minimum Gasteiger partial charge on any atom is -0.459 e. The maximum absolute atomic E-state index is 12.4. The number of carbonyl (C=O) groups excluding carboxylic acids is 1. The number of nitrogens with zero attached hydrogens (tertiary/aromatic N) is 1. The van der Waals surface area contributed by atoms with Gasteiger partial charge in [0.25, 0.3) is 10.2 Å². The standard InChI is InChI=1S/C14H28N2O4S/c1-10-7-11(2)9-16(8-10)21(18,19)15-12(3)13(17)20-14(4,5)6/h10-12,15H,7-9H2,1-6H3/t10?,11?,12-/m0/s1. The third-order valence-electron chi connectivity index (χ3n) is 3.26. The van der Waals surface area contributed by atoms with Gasteiger partial charge in [-0.2, -0.15) is 17.4 Å². The van der Waals surface area contributed by atoms with Crippen molar-refractivity contribution in [3.05, 3.63) is 0 Å². The summed E-state index contributed by atoms with van der Waals surface area (Å²) < 4.78 is 33.8. The van der Waals surface area contributed by atoms with E-state index in [1.807, 2.05) is 13.8 Å². The molecule has 0 saturated carbocycles. The first-order chi connectivity index (χ1) is 9.40. The van der Waals surface area contributed by atoms with E-state index in [1.165, 1.54) is 11.2 Å². The fourth-order valence-electron chi connectivity index (χ4n) is 2.54. The molecule has 0 amide bonds. The molecule has 0 aromatic heterocycles. The van der Waals surface area contributed by atoms with Gasteiger partial charge in [-0.25, -0.2) is 0 Å². The van der Waals surface area contributed by atoms with E-state index >= 15 is 0 Å². The SMILES string of the molecule is CC1CC(C)CN(S(=O)(=O)N[C@@H](C)C(=O)OC(C)(C)C)C1. The van der Waals surface area contributed by atoms with E-state index in [9.17, 15) is 13.2 Å². The van der Waals surface area contributed by atoms with Crippen molar-refractivity contribution in [3.8, 4) is 0 Å². The molecule has 6 nitrogen and oxygen atoms in total. The first-order valence-corrected chi connectivity index (χ1v) is 8.85. The Bertz CT molecular complexity index is 460. The number of hydrogen-bond donors (Lipinski definition) is 1. The van der Waals surface area contributed by atoms with E-state index in [1.54, 1.807) is 20.8 Å². The Morgan fingerprint density at radius 3 is 2.14 bits per heavy atom. The lowest BCUT2D eigenvalue weighted by atomic mass is 9.94. The predicted molar refractivity (Wildman–Crippen MR) is 81.9 cm³/mol. The maximum atomic E-state index is 12.4. The lowest BCUT2D eigenvalue weighted by molar-refractivity contribution is -0.156. The number of piperidine rings is 1. The molecule has 1 rings (SSSR count). The zero-order valence-corrected chi connectivity index (χ0v) is 14.7. The Hall–Kier alpha value is -0.660. The van der Waals surface area contributed by atoms with Crippen LogP contribution in [0.1, 0.15) is 48.0 Å². The van der Waals surface area contributed by atoms with Gasteiger partial charge >= 0.3 is 5.97 Å². The third kappa shape index (κ3) is 5.92. The summed E-state index contributed by atoms with van der Waals surface area (Å²) in [6.07, 6.45) is 1.02. The fraction of sp³-hybridized carbons (Fsp3) is 0.929. The van der Waals surface area contributed by atoms with Crippen molar-refractivity contribution >= 4 is 16.2 Å². The Kier molecular flexibility index (Phi) is 5.80. The number of rotatable bonds is 4. The van der Waals surface area contributed by atoms with Gasteiger partial charge in [0, 0.05) is 13.1 Å². The van der Waals surface area contributed by atoms with Crippen molar-refractivity contribution in [1.82, 2.24) is 9.03 Å². The van der Waals surface area contributed by atoms with Gasteiger partial charge in [-0.05, 0) is 46.0 Å². The summed E-state index contributed by atoms with van der Waals surface area (Å²) >= 11 is 0. The fourth-order valence-corrected chi connectivity index (χ4v) is 4.13. The van der Waals surface area contributed by atoms with Gasteiger partial charge in [0.15, 0.2) is 0 Å². The van der Waals surface area contributed by atoms with Crippen LogP contribution in [0, 0.1) is 11.8 Å². The molecular formula is C14H28N2O4S. The zero-order chi connectivity index (χ0) is 16.4. The van der Waals surface area contributed by atoms with Crippen LogP contribution in [0.3, 0.4) is 0 Å². The first-order valence-electron chi connectivity index (χ1n) is 7.41. The first kappa shape index (κ1) is 18.4. The minimum atomic E-state index is -3.67. The summed E-state index contributed by atoms with van der Waals surface area (Å²) in [7, 11) is -3.67. The Morgan fingerprint density at radius 2 is 1.71 bits per heavy atom. The molecule has 1 heterocycles. The molecule has 0 aromatic carbocycles. The van der Waals surface area contributed by atoms with Crippen LogP contribution in [-0.2, 0) is 19.7 Å². The van der Waals surface area contributed by atoms with E-state index in [4.69, 9.17) is 4.74 Å². The highest BCUT2D eigenvalue weighted by atomic mass is 32.2. The molecular weight excluding hydrogens is 292 g/mol. The summed E-state index contributed by atoms with van der Waals surface area (Å²) in [6, 6.07) is -0.901. The molecule has 1 aliphatic heterocycles. The van der Waals surface area contributed by atoms with Crippen molar-refractivity contribution in [2.24, 2.45) is 11.8 Å². The molecule has 1 N–H and O–H groups in total. The largest absolute Gasteiger partial charge is 0.459 e. The van der Waals surface area contributed by atoms with Gasteiger partial charge in [-0.3, -0.25) is 4.79 Å². The average Bonchev–Trinajstić information content (AvgIpc) is 2.24. The molecule has 1 saturated heterocycles. The van der Waals surface area contributed by atoms with Crippen molar-refractivity contribution in [3.63, 3.8) is 0 Å². The van der Waals surface area contributed by atoms with Crippen molar-refractivity contribution < 1.29 is 17.9 Å². The van der Waals surface area contributed by atoms with Crippen LogP contribution in [-0.4, -0.2) is 43.4 Å². The molecule has 1 aliphatic rings. The second-order valence-corrected chi connectivity index (χ2v) is 8.84. The molecule has 2 unspecified atom stereocenters. The molecule has 7 heteroatoms. The summed E-state index contributed by atoms with van der Waals surface area (Å²) in [5.41, 5.74) is -0.634. The molecule has 1 fully saturated rings. The molecule has 0 aliphatic carbocycles. The zero-order valence-electron chi connectivity index (χ0n) is 13.8. The van der Waals surface area contributed by atoms with Gasteiger partial charge in [-0.15, -0.1) is 0 Å². The average molecular weight is 320 g/mol. The summed E-state index contributed by atoms with van der Waals surface area (Å²) in [5.74, 6) is 0.0773. The lowest BCUT2D eigenvalue weighted by Gasteiger charge is -2.34. The Morgan fingerprint density at radius 1 is 1.24 bits per heavy atom. The quantitative estimate of drug-likeness (QED) is 0.797. The lowest BCUT2D eigenvalue weighted by Crippen LogP contribution is -2.52. The van der Waals surface area contributed by atoms with Crippen LogP contribution in [0.15, 0.2) is 0 Å². The van der Waals surface area contributed by atoms with Crippen molar-refractivity contribution in [1.29, 1.82) is 0 Å². The topological polar surface area (TPSA) is 75.7 Å². The van der Waals surface area contributed by atoms with Crippen molar-refractivity contribution in [2.75, 3.05) is 13.1 Å². The molecule has 3 atom stereocenters.